The first kappa shape index (κ1) is 48.7. The molecule has 0 aliphatic rings. The second kappa shape index (κ2) is 27.5. The SMILES string of the molecule is O=C(CCCCCCCCCCCCCCCCCCC(=O)Oc1ccc(C(=O)Oc2ccc(-c3ccccc3)cc2)cc1)Oc1ccc(C(=O)Oc2ccc(-c3ccccc3)cc2)cc1. The molecule has 8 heteroatoms. The van der Waals surface area contributed by atoms with Gasteiger partial charge in [0.2, 0.25) is 0 Å². The van der Waals surface area contributed by atoms with Crippen molar-refractivity contribution in [3.63, 3.8) is 0 Å². The number of unbranched alkanes of at least 4 members (excludes halogenated alkanes) is 15. The quantitative estimate of drug-likeness (QED) is 0.0286. The van der Waals surface area contributed by atoms with Gasteiger partial charge in [0, 0.05) is 12.8 Å². The maximum Gasteiger partial charge on any atom is 0.343 e. The molecule has 66 heavy (non-hydrogen) atoms. The van der Waals surface area contributed by atoms with E-state index in [1.807, 2.05) is 84.9 Å². The van der Waals surface area contributed by atoms with Gasteiger partial charge in [-0.25, -0.2) is 9.59 Å². The molecular weight excluding hydrogens is 825 g/mol. The van der Waals surface area contributed by atoms with Crippen molar-refractivity contribution >= 4 is 23.9 Å². The Morgan fingerprint density at radius 2 is 0.500 bits per heavy atom. The average Bonchev–Trinajstić information content (AvgIpc) is 3.35. The largest absolute Gasteiger partial charge is 0.427 e. The minimum absolute atomic E-state index is 0.258. The van der Waals surface area contributed by atoms with Crippen LogP contribution in [0.3, 0.4) is 0 Å². The van der Waals surface area contributed by atoms with Gasteiger partial charge in [-0.2, -0.15) is 0 Å². The molecule has 8 nitrogen and oxygen atoms in total. The summed E-state index contributed by atoms with van der Waals surface area (Å²) in [6.45, 7) is 0. The Hall–Kier alpha value is -6.80. The van der Waals surface area contributed by atoms with Crippen LogP contribution < -0.4 is 18.9 Å². The third-order valence-corrected chi connectivity index (χ3v) is 11.5. The van der Waals surface area contributed by atoms with Gasteiger partial charge in [-0.1, -0.05) is 175 Å². The summed E-state index contributed by atoms with van der Waals surface area (Å²) in [5.74, 6) is 0.310. The molecule has 0 amide bonds. The van der Waals surface area contributed by atoms with Crippen LogP contribution in [0.25, 0.3) is 22.3 Å². The molecule has 0 spiro atoms. The number of hydrogen-bond acceptors (Lipinski definition) is 8. The smallest absolute Gasteiger partial charge is 0.343 e. The highest BCUT2D eigenvalue weighted by molar-refractivity contribution is 5.92. The van der Waals surface area contributed by atoms with Crippen molar-refractivity contribution in [2.24, 2.45) is 0 Å². The first-order valence-electron chi connectivity index (χ1n) is 23.8. The van der Waals surface area contributed by atoms with E-state index in [0.717, 1.165) is 60.8 Å². The molecule has 342 valence electrons. The van der Waals surface area contributed by atoms with Crippen LogP contribution >= 0.6 is 0 Å². The van der Waals surface area contributed by atoms with Crippen molar-refractivity contribution in [2.45, 2.75) is 116 Å². The normalized spacial score (nSPS) is 10.8. The summed E-state index contributed by atoms with van der Waals surface area (Å²) in [5.41, 5.74) is 5.04. The number of hydrogen-bond donors (Lipinski definition) is 0. The fourth-order valence-electron chi connectivity index (χ4n) is 7.72. The summed E-state index contributed by atoms with van der Waals surface area (Å²) in [7, 11) is 0. The summed E-state index contributed by atoms with van der Waals surface area (Å²) in [4.78, 5) is 50.0. The second-order valence-electron chi connectivity index (χ2n) is 16.7. The second-order valence-corrected chi connectivity index (χ2v) is 16.7. The lowest BCUT2D eigenvalue weighted by atomic mass is 10.0. The van der Waals surface area contributed by atoms with E-state index in [2.05, 4.69) is 0 Å². The van der Waals surface area contributed by atoms with Crippen molar-refractivity contribution in [1.82, 2.24) is 0 Å². The number of esters is 4. The minimum atomic E-state index is -0.470. The Morgan fingerprint density at radius 1 is 0.258 bits per heavy atom. The van der Waals surface area contributed by atoms with Crippen LogP contribution in [0.4, 0.5) is 0 Å². The molecule has 0 aliphatic carbocycles. The minimum Gasteiger partial charge on any atom is -0.427 e. The number of carbonyl (C=O) groups is 4. The fourth-order valence-corrected chi connectivity index (χ4v) is 7.72. The first-order valence-corrected chi connectivity index (χ1v) is 23.8. The number of carbonyl (C=O) groups excluding carboxylic acids is 4. The van der Waals surface area contributed by atoms with Gasteiger partial charge in [-0.3, -0.25) is 9.59 Å². The molecule has 0 aromatic heterocycles. The first-order chi connectivity index (χ1) is 32.4. The van der Waals surface area contributed by atoms with Crippen LogP contribution in [0.5, 0.6) is 23.0 Å². The van der Waals surface area contributed by atoms with Gasteiger partial charge in [-0.15, -0.1) is 0 Å². The maximum atomic E-state index is 12.6. The summed E-state index contributed by atoms with van der Waals surface area (Å²) in [6.07, 6.45) is 19.2. The number of benzene rings is 6. The van der Waals surface area contributed by atoms with E-state index < -0.39 is 11.9 Å². The molecule has 0 saturated heterocycles. The van der Waals surface area contributed by atoms with Crippen LogP contribution in [-0.4, -0.2) is 23.9 Å². The van der Waals surface area contributed by atoms with Crippen molar-refractivity contribution in [3.8, 4) is 45.3 Å². The molecule has 0 N–H and O–H groups in total. The van der Waals surface area contributed by atoms with Crippen molar-refractivity contribution in [2.75, 3.05) is 0 Å². The molecule has 6 aromatic carbocycles. The molecule has 0 radical (unpaired) electrons. The van der Waals surface area contributed by atoms with Crippen LogP contribution in [0.1, 0.15) is 136 Å². The molecule has 0 heterocycles. The van der Waals surface area contributed by atoms with E-state index >= 15 is 0 Å². The number of rotatable bonds is 27. The van der Waals surface area contributed by atoms with E-state index in [-0.39, 0.29) is 11.9 Å². The molecule has 6 rings (SSSR count). The van der Waals surface area contributed by atoms with Gasteiger partial charge >= 0.3 is 23.9 Å². The molecular formula is C58H62O8. The average molecular weight is 887 g/mol. The van der Waals surface area contributed by atoms with Crippen molar-refractivity contribution in [3.05, 3.63) is 169 Å². The third kappa shape index (κ3) is 17.3. The zero-order chi connectivity index (χ0) is 46.0. The van der Waals surface area contributed by atoms with Crippen molar-refractivity contribution < 1.29 is 38.1 Å². The highest BCUT2D eigenvalue weighted by Crippen LogP contribution is 2.25. The molecule has 0 unspecified atom stereocenters. The lowest BCUT2D eigenvalue weighted by molar-refractivity contribution is -0.135. The van der Waals surface area contributed by atoms with Gasteiger partial charge in [0.15, 0.2) is 0 Å². The zero-order valence-corrected chi connectivity index (χ0v) is 38.0. The van der Waals surface area contributed by atoms with E-state index in [4.69, 9.17) is 18.9 Å². The van der Waals surface area contributed by atoms with Gasteiger partial charge in [-0.05, 0) is 108 Å². The predicted octanol–water partition coefficient (Wildman–Crippen LogP) is 15.0. The molecule has 0 atom stereocenters. The Balaban J connectivity index is 0.690. The summed E-state index contributed by atoms with van der Waals surface area (Å²) in [6, 6.07) is 47.7. The molecule has 0 aliphatic heterocycles. The summed E-state index contributed by atoms with van der Waals surface area (Å²) < 4.78 is 22.0. The molecule has 0 fully saturated rings. The molecule has 0 bridgehead atoms. The standard InChI is InChI=1S/C58H62O8/c59-55(63-51-41-33-49(34-42-51)57(61)65-53-37-29-47(30-38-53)45-23-17-15-18-24-45)27-21-13-11-9-7-5-3-1-2-4-6-8-10-12-14-22-28-56(60)64-52-43-35-50(36-44-52)58(62)66-54-39-31-48(32-40-54)46-25-19-16-20-26-46/h15-20,23-26,29-44H,1-14,21-22,27-28H2. The zero-order valence-electron chi connectivity index (χ0n) is 38.0. The van der Waals surface area contributed by atoms with Crippen LogP contribution in [0.15, 0.2) is 158 Å². The molecule has 0 saturated carbocycles. The molecule has 6 aromatic rings. The van der Waals surface area contributed by atoms with Gasteiger partial charge in [0.25, 0.3) is 0 Å². The lowest BCUT2D eigenvalue weighted by Crippen LogP contribution is -2.10. The summed E-state index contributed by atoms with van der Waals surface area (Å²) >= 11 is 0. The van der Waals surface area contributed by atoms with Gasteiger partial charge in [0.1, 0.15) is 23.0 Å². The van der Waals surface area contributed by atoms with E-state index in [9.17, 15) is 19.2 Å². The predicted molar refractivity (Wildman–Crippen MR) is 261 cm³/mol. The van der Waals surface area contributed by atoms with E-state index in [1.54, 1.807) is 72.8 Å². The highest BCUT2D eigenvalue weighted by Gasteiger charge is 2.13. The maximum absolute atomic E-state index is 12.6. The Bertz CT molecular complexity index is 2190. The van der Waals surface area contributed by atoms with Crippen molar-refractivity contribution in [1.29, 1.82) is 0 Å². The topological polar surface area (TPSA) is 105 Å². The van der Waals surface area contributed by atoms with Crippen LogP contribution in [0, 0.1) is 0 Å². The third-order valence-electron chi connectivity index (χ3n) is 11.5. The lowest BCUT2D eigenvalue weighted by Gasteiger charge is -2.08. The Labute approximate surface area is 390 Å². The fraction of sp³-hybridized carbons (Fsp3) is 0.310. The van der Waals surface area contributed by atoms with Gasteiger partial charge in [0.05, 0.1) is 11.1 Å². The Morgan fingerprint density at radius 3 is 0.803 bits per heavy atom. The summed E-state index contributed by atoms with van der Waals surface area (Å²) in [5, 5.41) is 0. The van der Waals surface area contributed by atoms with E-state index in [0.29, 0.717) is 47.0 Å². The van der Waals surface area contributed by atoms with E-state index in [1.165, 1.54) is 64.2 Å². The van der Waals surface area contributed by atoms with Gasteiger partial charge < -0.3 is 18.9 Å². The van der Waals surface area contributed by atoms with Crippen LogP contribution in [0.2, 0.25) is 0 Å². The number of ether oxygens (including phenoxy) is 4. The van der Waals surface area contributed by atoms with Crippen LogP contribution in [-0.2, 0) is 9.59 Å². The Kier molecular flexibility index (Phi) is 20.3. The monoisotopic (exact) mass is 886 g/mol. The highest BCUT2D eigenvalue weighted by atomic mass is 16.5.